The first-order valence-electron chi connectivity index (χ1n) is 8.74. The van der Waals surface area contributed by atoms with E-state index in [0.717, 1.165) is 22.2 Å². The second-order valence-electron chi connectivity index (χ2n) is 7.06. The Kier molecular flexibility index (Phi) is 4.57. The van der Waals surface area contributed by atoms with E-state index in [1.807, 2.05) is 18.2 Å². The van der Waals surface area contributed by atoms with Crippen molar-refractivity contribution in [2.45, 2.75) is 31.7 Å². The van der Waals surface area contributed by atoms with Gasteiger partial charge in [0.25, 0.3) is 0 Å². The zero-order valence-corrected chi connectivity index (χ0v) is 16.6. The second-order valence-corrected chi connectivity index (χ2v) is 10.2. The first kappa shape index (κ1) is 17.6. The number of hydrogen-bond donors (Lipinski definition) is 0. The van der Waals surface area contributed by atoms with E-state index in [1.165, 1.54) is 11.1 Å². The molecule has 4 nitrogen and oxygen atoms in total. The highest BCUT2D eigenvalue weighted by Crippen LogP contribution is 2.37. The summed E-state index contributed by atoms with van der Waals surface area (Å²) < 4.78 is 24.3. The summed E-state index contributed by atoms with van der Waals surface area (Å²) in [6.45, 7) is 4.15. The van der Waals surface area contributed by atoms with Gasteiger partial charge in [-0.25, -0.2) is 8.42 Å². The van der Waals surface area contributed by atoms with E-state index >= 15 is 0 Å². The maximum atomic E-state index is 12.1. The molecule has 2 aromatic rings. The number of sulfone groups is 1. The van der Waals surface area contributed by atoms with Crippen molar-refractivity contribution < 1.29 is 8.42 Å². The Bertz CT molecular complexity index is 955. The topological polar surface area (TPSA) is 49.7 Å². The molecule has 1 fully saturated rings. The van der Waals surface area contributed by atoms with Crippen LogP contribution in [-0.4, -0.2) is 37.2 Å². The van der Waals surface area contributed by atoms with Gasteiger partial charge >= 0.3 is 0 Å². The fourth-order valence-electron chi connectivity index (χ4n) is 3.71. The molecule has 0 aromatic heterocycles. The lowest BCUT2D eigenvalue weighted by molar-refractivity contribution is 0.601. The normalized spacial score (nSPS) is 23.8. The van der Waals surface area contributed by atoms with Crippen molar-refractivity contribution in [3.8, 4) is 0 Å². The Hall–Kier alpha value is -1.79. The number of fused-ring (bicyclic) bond motifs is 1. The van der Waals surface area contributed by atoms with Gasteiger partial charge in [-0.05, 0) is 31.0 Å². The molecular formula is C20H22N2O2S2. The molecule has 0 amide bonds. The van der Waals surface area contributed by atoms with E-state index in [4.69, 9.17) is 4.99 Å². The Labute approximate surface area is 159 Å². The van der Waals surface area contributed by atoms with Crippen molar-refractivity contribution >= 4 is 32.5 Å². The average molecular weight is 387 g/mol. The third-order valence-corrected chi connectivity index (χ3v) is 7.67. The molecule has 0 unspecified atom stereocenters. The number of rotatable bonds is 3. The summed E-state index contributed by atoms with van der Waals surface area (Å²) in [6, 6.07) is 16.4. The predicted molar refractivity (Wildman–Crippen MR) is 110 cm³/mol. The molecule has 2 atom stereocenters. The third kappa shape index (κ3) is 3.40. The van der Waals surface area contributed by atoms with Crippen LogP contribution >= 0.6 is 11.8 Å². The molecule has 4 rings (SSSR count). The van der Waals surface area contributed by atoms with Gasteiger partial charge in [0.05, 0.1) is 23.6 Å². The Morgan fingerprint density at radius 1 is 1.12 bits per heavy atom. The van der Waals surface area contributed by atoms with Crippen LogP contribution in [0.1, 0.15) is 16.7 Å². The van der Waals surface area contributed by atoms with E-state index in [1.54, 1.807) is 11.8 Å². The monoisotopic (exact) mass is 386 g/mol. The van der Waals surface area contributed by atoms with Crippen molar-refractivity contribution in [3.63, 3.8) is 0 Å². The number of hydrogen-bond acceptors (Lipinski definition) is 5. The summed E-state index contributed by atoms with van der Waals surface area (Å²) >= 11 is 1.69. The van der Waals surface area contributed by atoms with Crippen LogP contribution in [0, 0.1) is 13.8 Å². The third-order valence-electron chi connectivity index (χ3n) is 4.93. The predicted octanol–water partition coefficient (Wildman–Crippen LogP) is 3.58. The molecule has 2 heterocycles. The molecule has 2 aromatic carbocycles. The van der Waals surface area contributed by atoms with Crippen LogP contribution in [0.5, 0.6) is 0 Å². The minimum absolute atomic E-state index is 0.0836. The van der Waals surface area contributed by atoms with E-state index in [2.05, 4.69) is 49.1 Å². The number of aryl methyl sites for hydroxylation is 2. The molecule has 0 saturated carbocycles. The summed E-state index contributed by atoms with van der Waals surface area (Å²) in [4.78, 5) is 6.97. The van der Waals surface area contributed by atoms with Gasteiger partial charge in [0, 0.05) is 11.4 Å². The minimum atomic E-state index is -3.02. The van der Waals surface area contributed by atoms with Crippen LogP contribution in [0.4, 0.5) is 5.69 Å². The molecule has 0 spiro atoms. The molecule has 136 valence electrons. The van der Waals surface area contributed by atoms with Crippen molar-refractivity contribution in [3.05, 3.63) is 65.2 Å². The van der Waals surface area contributed by atoms with Gasteiger partial charge in [-0.1, -0.05) is 59.8 Å². The van der Waals surface area contributed by atoms with Gasteiger partial charge in [-0.15, -0.1) is 0 Å². The van der Waals surface area contributed by atoms with E-state index < -0.39 is 9.84 Å². The largest absolute Gasteiger partial charge is 0.315 e. The second kappa shape index (κ2) is 6.74. The lowest BCUT2D eigenvalue weighted by Gasteiger charge is -2.28. The van der Waals surface area contributed by atoms with Crippen molar-refractivity contribution in [1.82, 2.24) is 0 Å². The molecule has 6 heteroatoms. The molecule has 2 aliphatic rings. The van der Waals surface area contributed by atoms with Crippen LogP contribution in [0.2, 0.25) is 0 Å². The summed E-state index contributed by atoms with van der Waals surface area (Å²) in [5.41, 5.74) is 4.67. The highest BCUT2D eigenvalue weighted by Gasteiger charge is 2.47. The van der Waals surface area contributed by atoms with Gasteiger partial charge in [0.1, 0.15) is 0 Å². The van der Waals surface area contributed by atoms with Gasteiger partial charge < -0.3 is 4.90 Å². The smallest absolute Gasteiger partial charge is 0.164 e. The van der Waals surface area contributed by atoms with E-state index in [0.29, 0.717) is 0 Å². The highest BCUT2D eigenvalue weighted by atomic mass is 32.2. The number of thioether (sulfide) groups is 1. The molecule has 0 N–H and O–H groups in total. The first-order chi connectivity index (χ1) is 12.4. The van der Waals surface area contributed by atoms with Crippen molar-refractivity contribution in [2.24, 2.45) is 4.99 Å². The standard InChI is InChI=1S/C20H22N2O2S2/c1-14-8-9-18(15(2)10-14)22-19-13-26(23,24)12-17(19)21-20(22)25-11-16-6-4-3-5-7-16/h3-10,17,19H,11-13H2,1-2H3/t17-,19+/m1/s1. The maximum Gasteiger partial charge on any atom is 0.164 e. The SMILES string of the molecule is Cc1ccc(N2C(SCc3ccccc3)=N[C@@H]3CS(=O)(=O)C[C@@H]32)c(C)c1. The Balaban J connectivity index is 1.66. The number of anilines is 1. The summed E-state index contributed by atoms with van der Waals surface area (Å²) in [6.07, 6.45) is 0. The zero-order chi connectivity index (χ0) is 18.3. The average Bonchev–Trinajstić information content (AvgIpc) is 3.06. The number of benzene rings is 2. The Morgan fingerprint density at radius 2 is 1.88 bits per heavy atom. The summed E-state index contributed by atoms with van der Waals surface area (Å²) in [5.74, 6) is 1.17. The first-order valence-corrected chi connectivity index (χ1v) is 11.5. The molecule has 26 heavy (non-hydrogen) atoms. The quantitative estimate of drug-likeness (QED) is 0.809. The van der Waals surface area contributed by atoms with Crippen LogP contribution in [0.3, 0.4) is 0 Å². The molecule has 0 aliphatic carbocycles. The van der Waals surface area contributed by atoms with Gasteiger partial charge in [0.2, 0.25) is 0 Å². The molecule has 1 saturated heterocycles. The number of nitrogens with zero attached hydrogens (tertiary/aromatic N) is 2. The minimum Gasteiger partial charge on any atom is -0.315 e. The van der Waals surface area contributed by atoms with Crippen LogP contribution in [0.25, 0.3) is 0 Å². The lowest BCUT2D eigenvalue weighted by atomic mass is 10.1. The Morgan fingerprint density at radius 3 is 2.62 bits per heavy atom. The maximum absolute atomic E-state index is 12.1. The summed E-state index contributed by atoms with van der Waals surface area (Å²) in [5, 5.41) is 0.936. The van der Waals surface area contributed by atoms with Crippen LogP contribution in [0.15, 0.2) is 53.5 Å². The van der Waals surface area contributed by atoms with E-state index in [-0.39, 0.29) is 23.6 Å². The van der Waals surface area contributed by atoms with Gasteiger partial charge in [-0.2, -0.15) is 0 Å². The molecule has 0 bridgehead atoms. The summed E-state index contributed by atoms with van der Waals surface area (Å²) in [7, 11) is -3.02. The fraction of sp³-hybridized carbons (Fsp3) is 0.350. The molecule has 0 radical (unpaired) electrons. The highest BCUT2D eigenvalue weighted by molar-refractivity contribution is 8.13. The van der Waals surface area contributed by atoms with Crippen LogP contribution in [-0.2, 0) is 15.6 Å². The van der Waals surface area contributed by atoms with Crippen LogP contribution < -0.4 is 4.90 Å². The number of aliphatic imine (C=N–C) groups is 1. The number of amidine groups is 1. The van der Waals surface area contributed by atoms with E-state index in [9.17, 15) is 8.42 Å². The van der Waals surface area contributed by atoms with Gasteiger partial charge in [0.15, 0.2) is 15.0 Å². The van der Waals surface area contributed by atoms with Crippen molar-refractivity contribution in [2.75, 3.05) is 16.4 Å². The lowest BCUT2D eigenvalue weighted by Crippen LogP contribution is -2.39. The fourth-order valence-corrected chi connectivity index (χ4v) is 6.63. The molecular weight excluding hydrogens is 364 g/mol. The zero-order valence-electron chi connectivity index (χ0n) is 14.9. The van der Waals surface area contributed by atoms with Crippen molar-refractivity contribution in [1.29, 1.82) is 0 Å². The molecule has 2 aliphatic heterocycles. The van der Waals surface area contributed by atoms with Gasteiger partial charge in [-0.3, -0.25) is 4.99 Å².